The van der Waals surface area contributed by atoms with Gasteiger partial charge in [0.05, 0.1) is 13.0 Å². The van der Waals surface area contributed by atoms with E-state index in [0.29, 0.717) is 0 Å². The van der Waals surface area contributed by atoms with E-state index in [1.165, 1.54) is 12.8 Å². The number of aliphatic imine (C=N–C) groups is 1. The van der Waals surface area contributed by atoms with Crippen LogP contribution in [0, 0.1) is 5.92 Å². The number of hydrogen-bond donors (Lipinski definition) is 1. The molecule has 1 saturated heterocycles. The van der Waals surface area contributed by atoms with Crippen molar-refractivity contribution in [3.8, 4) is 0 Å². The molecule has 6 nitrogen and oxygen atoms in total. The predicted molar refractivity (Wildman–Crippen MR) is 107 cm³/mol. The molecule has 1 fully saturated rings. The molecule has 6 heteroatoms. The van der Waals surface area contributed by atoms with Gasteiger partial charge in [-0.2, -0.15) is 0 Å². The minimum Gasteiger partial charge on any atom is -0.469 e. The van der Waals surface area contributed by atoms with Gasteiger partial charge >= 0.3 is 5.97 Å². The standard InChI is InChI=1S/C20H32N4O2/c1-4-21-20(24-15-11-17(12-16-24)19(25)26-3)22-13-8-14-23(2)18-9-6-5-7-10-18/h5-7,9-10,17H,4,8,11-16H2,1-3H3,(H,21,22). The largest absolute Gasteiger partial charge is 0.469 e. The third-order valence-electron chi connectivity index (χ3n) is 4.77. The Balaban J connectivity index is 1.80. The van der Waals surface area contributed by atoms with E-state index < -0.39 is 0 Å². The number of carbonyl (C=O) groups is 1. The van der Waals surface area contributed by atoms with Crippen LogP contribution in [-0.4, -0.2) is 63.7 Å². The summed E-state index contributed by atoms with van der Waals surface area (Å²) >= 11 is 0. The molecular weight excluding hydrogens is 328 g/mol. The molecule has 0 spiro atoms. The molecule has 0 saturated carbocycles. The quantitative estimate of drug-likeness (QED) is 0.350. The van der Waals surface area contributed by atoms with Gasteiger partial charge in [0.2, 0.25) is 0 Å². The second-order valence-corrected chi connectivity index (χ2v) is 6.63. The number of anilines is 1. The average molecular weight is 361 g/mol. The Morgan fingerprint density at radius 1 is 1.31 bits per heavy atom. The lowest BCUT2D eigenvalue weighted by Crippen LogP contribution is -2.46. The van der Waals surface area contributed by atoms with Gasteiger partial charge in [-0.1, -0.05) is 18.2 Å². The topological polar surface area (TPSA) is 57.2 Å². The van der Waals surface area contributed by atoms with Crippen molar-refractivity contribution in [2.75, 3.05) is 51.8 Å². The molecule has 1 N–H and O–H groups in total. The van der Waals surface area contributed by atoms with Crippen molar-refractivity contribution in [3.05, 3.63) is 30.3 Å². The highest BCUT2D eigenvalue weighted by atomic mass is 16.5. The zero-order valence-electron chi connectivity index (χ0n) is 16.3. The summed E-state index contributed by atoms with van der Waals surface area (Å²) in [6.07, 6.45) is 2.65. The fourth-order valence-corrected chi connectivity index (χ4v) is 3.22. The molecule has 0 aliphatic carbocycles. The third kappa shape index (κ3) is 5.93. The van der Waals surface area contributed by atoms with E-state index in [0.717, 1.165) is 57.9 Å². The van der Waals surface area contributed by atoms with E-state index in [-0.39, 0.29) is 11.9 Å². The van der Waals surface area contributed by atoms with Crippen molar-refractivity contribution in [1.82, 2.24) is 10.2 Å². The fourth-order valence-electron chi connectivity index (χ4n) is 3.22. The van der Waals surface area contributed by atoms with Crippen LogP contribution in [0.3, 0.4) is 0 Å². The van der Waals surface area contributed by atoms with Crippen molar-refractivity contribution < 1.29 is 9.53 Å². The van der Waals surface area contributed by atoms with Gasteiger partial charge < -0.3 is 19.9 Å². The van der Waals surface area contributed by atoms with E-state index in [1.54, 1.807) is 0 Å². The van der Waals surface area contributed by atoms with Gasteiger partial charge in [0, 0.05) is 45.5 Å². The van der Waals surface area contributed by atoms with Crippen LogP contribution >= 0.6 is 0 Å². The highest BCUT2D eigenvalue weighted by Crippen LogP contribution is 2.18. The molecule has 0 amide bonds. The number of methoxy groups -OCH3 is 1. The predicted octanol–water partition coefficient (Wildman–Crippen LogP) is 2.36. The molecule has 26 heavy (non-hydrogen) atoms. The van der Waals surface area contributed by atoms with Crippen molar-refractivity contribution in [2.24, 2.45) is 10.9 Å². The number of hydrogen-bond acceptors (Lipinski definition) is 4. The average Bonchev–Trinajstić information content (AvgIpc) is 2.70. The third-order valence-corrected chi connectivity index (χ3v) is 4.77. The minimum absolute atomic E-state index is 0.0265. The first-order chi connectivity index (χ1) is 12.7. The number of benzene rings is 1. The van der Waals surface area contributed by atoms with Gasteiger partial charge in [-0.25, -0.2) is 0 Å². The number of rotatable bonds is 7. The highest BCUT2D eigenvalue weighted by Gasteiger charge is 2.26. The SMILES string of the molecule is CCNC(=NCCCN(C)c1ccccc1)N1CCC(C(=O)OC)CC1. The first-order valence-corrected chi connectivity index (χ1v) is 9.53. The molecule has 2 rings (SSSR count). The van der Waals surface area contributed by atoms with E-state index in [2.05, 4.69) is 53.4 Å². The number of likely N-dealkylation sites (tertiary alicyclic amines) is 1. The Labute approximate surface area is 157 Å². The van der Waals surface area contributed by atoms with Crippen LogP contribution in [0.15, 0.2) is 35.3 Å². The summed E-state index contributed by atoms with van der Waals surface area (Å²) in [5, 5.41) is 3.38. The number of ether oxygens (including phenoxy) is 1. The van der Waals surface area contributed by atoms with Crippen LogP contribution in [0.1, 0.15) is 26.2 Å². The van der Waals surface area contributed by atoms with Crippen LogP contribution in [-0.2, 0) is 9.53 Å². The number of nitrogens with zero attached hydrogens (tertiary/aromatic N) is 3. The number of carbonyl (C=O) groups excluding carboxylic acids is 1. The monoisotopic (exact) mass is 360 g/mol. The van der Waals surface area contributed by atoms with Gasteiger partial charge in [-0.05, 0) is 38.3 Å². The maximum absolute atomic E-state index is 11.7. The molecule has 0 aromatic heterocycles. The smallest absolute Gasteiger partial charge is 0.308 e. The molecule has 0 unspecified atom stereocenters. The number of nitrogens with one attached hydrogen (secondary N) is 1. The molecule has 1 aromatic rings. The highest BCUT2D eigenvalue weighted by molar-refractivity contribution is 5.80. The van der Waals surface area contributed by atoms with Crippen molar-refractivity contribution in [2.45, 2.75) is 26.2 Å². The first-order valence-electron chi connectivity index (χ1n) is 9.53. The lowest BCUT2D eigenvalue weighted by atomic mass is 9.97. The summed E-state index contributed by atoms with van der Waals surface area (Å²) in [4.78, 5) is 21.0. The van der Waals surface area contributed by atoms with E-state index in [9.17, 15) is 4.79 Å². The van der Waals surface area contributed by atoms with E-state index in [4.69, 9.17) is 9.73 Å². The first kappa shape index (κ1) is 20.1. The summed E-state index contributed by atoms with van der Waals surface area (Å²) < 4.78 is 4.86. The zero-order chi connectivity index (χ0) is 18.8. The number of esters is 1. The normalized spacial score (nSPS) is 15.7. The van der Waals surface area contributed by atoms with Gasteiger partial charge in [-0.15, -0.1) is 0 Å². The summed E-state index contributed by atoms with van der Waals surface area (Å²) in [5.41, 5.74) is 1.23. The van der Waals surface area contributed by atoms with Gasteiger partial charge in [0.1, 0.15) is 0 Å². The molecule has 144 valence electrons. The number of para-hydroxylation sites is 1. The summed E-state index contributed by atoms with van der Waals surface area (Å²) in [7, 11) is 3.58. The molecular formula is C20H32N4O2. The van der Waals surface area contributed by atoms with Crippen LogP contribution in [0.4, 0.5) is 5.69 Å². The Morgan fingerprint density at radius 2 is 2.00 bits per heavy atom. The van der Waals surface area contributed by atoms with Crippen molar-refractivity contribution in [1.29, 1.82) is 0 Å². The van der Waals surface area contributed by atoms with Gasteiger partial charge in [0.25, 0.3) is 0 Å². The lowest BCUT2D eigenvalue weighted by Gasteiger charge is -2.33. The Kier molecular flexibility index (Phi) is 8.25. The Hall–Kier alpha value is -2.24. The van der Waals surface area contributed by atoms with E-state index >= 15 is 0 Å². The molecule has 0 bridgehead atoms. The molecule has 1 aliphatic heterocycles. The lowest BCUT2D eigenvalue weighted by molar-refractivity contribution is -0.146. The number of piperidine rings is 1. The summed E-state index contributed by atoms with van der Waals surface area (Å²) in [5.74, 6) is 0.896. The van der Waals surface area contributed by atoms with Crippen LogP contribution < -0.4 is 10.2 Å². The zero-order valence-corrected chi connectivity index (χ0v) is 16.3. The summed E-state index contributed by atoms with van der Waals surface area (Å²) in [6, 6.07) is 10.4. The van der Waals surface area contributed by atoms with Gasteiger partial charge in [-0.3, -0.25) is 9.79 Å². The molecule has 0 radical (unpaired) electrons. The fraction of sp³-hybridized carbons (Fsp3) is 0.600. The molecule has 1 aliphatic rings. The van der Waals surface area contributed by atoms with Crippen molar-refractivity contribution in [3.63, 3.8) is 0 Å². The minimum atomic E-state index is -0.0875. The van der Waals surface area contributed by atoms with Gasteiger partial charge in [0.15, 0.2) is 5.96 Å². The molecule has 1 heterocycles. The van der Waals surface area contributed by atoms with Crippen LogP contribution in [0.2, 0.25) is 0 Å². The van der Waals surface area contributed by atoms with Crippen LogP contribution in [0.25, 0.3) is 0 Å². The Bertz CT molecular complexity index is 568. The van der Waals surface area contributed by atoms with Crippen LogP contribution in [0.5, 0.6) is 0 Å². The maximum atomic E-state index is 11.7. The van der Waals surface area contributed by atoms with Crippen molar-refractivity contribution >= 4 is 17.6 Å². The molecule has 1 aromatic carbocycles. The summed E-state index contributed by atoms with van der Waals surface area (Å²) in [6.45, 7) is 6.37. The number of guanidine groups is 1. The molecule has 0 atom stereocenters. The van der Waals surface area contributed by atoms with E-state index in [1.807, 2.05) is 6.07 Å². The second kappa shape index (κ2) is 10.7. The second-order valence-electron chi connectivity index (χ2n) is 6.63. The maximum Gasteiger partial charge on any atom is 0.308 e. The Morgan fingerprint density at radius 3 is 2.62 bits per heavy atom.